The Bertz CT molecular complexity index is 845. The number of hydrogen-bond donors (Lipinski definition) is 1. The molecule has 0 bridgehead atoms. The number of piperidine rings is 1. The van der Waals surface area contributed by atoms with Crippen LogP contribution >= 0.6 is 22.9 Å². The second-order valence-corrected chi connectivity index (χ2v) is 9.01. The molecule has 2 heterocycles. The standard InChI is InChI=1S/C20H24ClN3O3S/c1-20(2,3)27-19(26)24-11-5-4-6-16(24)17(25)23-18-22-15(12-28-18)13-7-9-14(21)10-8-13/h7-10,12,16H,4-6,11H2,1-3H3,(H,22,23,25)/t16-/m0/s1. The van der Waals surface area contributed by atoms with E-state index in [1.165, 1.54) is 16.2 Å². The molecule has 2 aromatic rings. The van der Waals surface area contributed by atoms with E-state index in [9.17, 15) is 9.59 Å². The molecule has 1 aliphatic rings. The maximum absolute atomic E-state index is 12.8. The van der Waals surface area contributed by atoms with Gasteiger partial charge in [-0.25, -0.2) is 9.78 Å². The van der Waals surface area contributed by atoms with E-state index >= 15 is 0 Å². The highest BCUT2D eigenvalue weighted by Gasteiger charge is 2.35. The van der Waals surface area contributed by atoms with Crippen molar-refractivity contribution in [1.29, 1.82) is 0 Å². The number of nitrogens with zero attached hydrogens (tertiary/aromatic N) is 2. The molecule has 6 nitrogen and oxygen atoms in total. The summed E-state index contributed by atoms with van der Waals surface area (Å²) in [4.78, 5) is 31.3. The van der Waals surface area contributed by atoms with E-state index < -0.39 is 17.7 Å². The van der Waals surface area contributed by atoms with Crippen LogP contribution in [0.5, 0.6) is 0 Å². The highest BCUT2D eigenvalue weighted by Crippen LogP contribution is 2.27. The predicted octanol–water partition coefficient (Wildman–Crippen LogP) is 5.19. The Morgan fingerprint density at radius 3 is 2.64 bits per heavy atom. The van der Waals surface area contributed by atoms with Crippen molar-refractivity contribution in [3.63, 3.8) is 0 Å². The molecule has 0 radical (unpaired) electrons. The normalized spacial score (nSPS) is 17.3. The molecule has 0 spiro atoms. The lowest BCUT2D eigenvalue weighted by Crippen LogP contribution is -2.51. The van der Waals surface area contributed by atoms with Gasteiger partial charge < -0.3 is 10.1 Å². The van der Waals surface area contributed by atoms with Gasteiger partial charge in [-0.1, -0.05) is 23.7 Å². The number of likely N-dealkylation sites (tertiary alicyclic amines) is 1. The van der Waals surface area contributed by atoms with E-state index in [2.05, 4.69) is 10.3 Å². The molecule has 0 saturated carbocycles. The number of hydrogen-bond acceptors (Lipinski definition) is 5. The zero-order valence-corrected chi connectivity index (χ0v) is 17.8. The van der Waals surface area contributed by atoms with E-state index in [-0.39, 0.29) is 5.91 Å². The van der Waals surface area contributed by atoms with E-state index in [4.69, 9.17) is 16.3 Å². The summed E-state index contributed by atoms with van der Waals surface area (Å²) in [6.45, 7) is 5.97. The number of benzene rings is 1. The van der Waals surface area contributed by atoms with Crippen molar-refractivity contribution in [1.82, 2.24) is 9.88 Å². The first kappa shape index (κ1) is 20.6. The zero-order chi connectivity index (χ0) is 20.3. The predicted molar refractivity (Wildman–Crippen MR) is 112 cm³/mol. The molecular formula is C20H24ClN3O3S. The molecular weight excluding hydrogens is 398 g/mol. The van der Waals surface area contributed by atoms with Gasteiger partial charge in [0, 0.05) is 22.5 Å². The van der Waals surface area contributed by atoms with Crippen LogP contribution in [0, 0.1) is 0 Å². The number of aromatic nitrogens is 1. The Morgan fingerprint density at radius 2 is 1.96 bits per heavy atom. The Balaban J connectivity index is 1.69. The first-order valence-corrected chi connectivity index (χ1v) is 10.5. The fourth-order valence-electron chi connectivity index (χ4n) is 3.02. The molecule has 3 rings (SSSR count). The van der Waals surface area contributed by atoms with E-state index in [1.807, 2.05) is 38.3 Å². The Hall–Kier alpha value is -2.12. The smallest absolute Gasteiger partial charge is 0.410 e. The van der Waals surface area contributed by atoms with E-state index in [1.54, 1.807) is 12.1 Å². The summed E-state index contributed by atoms with van der Waals surface area (Å²) >= 11 is 7.27. The van der Waals surface area contributed by atoms with Crippen LogP contribution in [-0.2, 0) is 9.53 Å². The summed E-state index contributed by atoms with van der Waals surface area (Å²) in [5.41, 5.74) is 1.09. The van der Waals surface area contributed by atoms with E-state index in [0.29, 0.717) is 23.1 Å². The minimum Gasteiger partial charge on any atom is -0.444 e. The van der Waals surface area contributed by atoms with Crippen molar-refractivity contribution in [2.24, 2.45) is 0 Å². The summed E-state index contributed by atoms with van der Waals surface area (Å²) in [5.74, 6) is -0.234. The Labute approximate surface area is 173 Å². The van der Waals surface area contributed by atoms with Crippen LogP contribution in [0.2, 0.25) is 5.02 Å². The molecule has 8 heteroatoms. The lowest BCUT2D eigenvalue weighted by Gasteiger charge is -2.35. The molecule has 1 atom stereocenters. The van der Waals surface area contributed by atoms with Gasteiger partial charge >= 0.3 is 6.09 Å². The fraction of sp³-hybridized carbons (Fsp3) is 0.450. The third-order valence-electron chi connectivity index (χ3n) is 4.31. The average molecular weight is 422 g/mol. The Morgan fingerprint density at radius 1 is 1.25 bits per heavy atom. The second-order valence-electron chi connectivity index (χ2n) is 7.72. The highest BCUT2D eigenvalue weighted by atomic mass is 35.5. The molecule has 1 aromatic carbocycles. The molecule has 1 aliphatic heterocycles. The number of ether oxygens (including phenoxy) is 1. The largest absolute Gasteiger partial charge is 0.444 e. The van der Waals surface area contributed by atoms with Crippen molar-refractivity contribution in [2.45, 2.75) is 51.7 Å². The minimum atomic E-state index is -0.599. The first-order valence-electron chi connectivity index (χ1n) is 9.25. The average Bonchev–Trinajstić information content (AvgIpc) is 3.09. The topological polar surface area (TPSA) is 71.5 Å². The van der Waals surface area contributed by atoms with Crippen LogP contribution in [0.1, 0.15) is 40.0 Å². The van der Waals surface area contributed by atoms with Crippen molar-refractivity contribution in [3.05, 3.63) is 34.7 Å². The summed E-state index contributed by atoms with van der Waals surface area (Å²) in [6, 6.07) is 6.82. The third-order valence-corrected chi connectivity index (χ3v) is 5.32. The van der Waals surface area contributed by atoms with E-state index in [0.717, 1.165) is 24.1 Å². The molecule has 2 amide bonds. The first-order chi connectivity index (χ1) is 13.2. The summed E-state index contributed by atoms with van der Waals surface area (Å²) in [6.07, 6.45) is 1.92. The summed E-state index contributed by atoms with van der Waals surface area (Å²) in [5, 5.41) is 5.90. The lowest BCUT2D eigenvalue weighted by molar-refractivity contribution is -0.122. The van der Waals surface area contributed by atoms with Gasteiger partial charge in [0.05, 0.1) is 5.69 Å². The Kier molecular flexibility index (Phi) is 6.25. The quantitative estimate of drug-likeness (QED) is 0.740. The van der Waals surface area contributed by atoms with Crippen molar-refractivity contribution in [3.8, 4) is 11.3 Å². The van der Waals surface area contributed by atoms with Crippen LogP contribution in [0.3, 0.4) is 0 Å². The molecule has 1 fully saturated rings. The maximum atomic E-state index is 12.8. The number of anilines is 1. The highest BCUT2D eigenvalue weighted by molar-refractivity contribution is 7.14. The monoisotopic (exact) mass is 421 g/mol. The number of rotatable bonds is 3. The van der Waals surface area contributed by atoms with Gasteiger partial charge in [-0.05, 0) is 52.2 Å². The van der Waals surface area contributed by atoms with Crippen LogP contribution in [0.25, 0.3) is 11.3 Å². The molecule has 1 aromatic heterocycles. The molecule has 0 aliphatic carbocycles. The SMILES string of the molecule is CC(C)(C)OC(=O)N1CCCC[C@H]1C(=O)Nc1nc(-c2ccc(Cl)cc2)cs1. The lowest BCUT2D eigenvalue weighted by atomic mass is 10.0. The molecule has 150 valence electrons. The maximum Gasteiger partial charge on any atom is 0.410 e. The van der Waals surface area contributed by atoms with Gasteiger partial charge in [0.2, 0.25) is 5.91 Å². The third kappa shape index (κ3) is 5.23. The number of thiazole rings is 1. The number of nitrogens with one attached hydrogen (secondary N) is 1. The van der Waals surface area contributed by atoms with Gasteiger partial charge in [0.1, 0.15) is 11.6 Å². The van der Waals surface area contributed by atoms with Crippen molar-refractivity contribution in [2.75, 3.05) is 11.9 Å². The van der Waals surface area contributed by atoms with Crippen molar-refractivity contribution < 1.29 is 14.3 Å². The number of carbonyl (C=O) groups is 2. The second kappa shape index (κ2) is 8.49. The molecule has 28 heavy (non-hydrogen) atoms. The van der Waals surface area contributed by atoms with Gasteiger partial charge in [0.25, 0.3) is 0 Å². The molecule has 1 N–H and O–H groups in total. The van der Waals surface area contributed by atoms with Crippen LogP contribution in [-0.4, -0.2) is 40.1 Å². The van der Waals surface area contributed by atoms with Crippen LogP contribution < -0.4 is 5.32 Å². The van der Waals surface area contributed by atoms with Crippen molar-refractivity contribution >= 4 is 40.1 Å². The fourth-order valence-corrected chi connectivity index (χ4v) is 3.86. The minimum absolute atomic E-state index is 0.234. The number of carbonyl (C=O) groups excluding carboxylic acids is 2. The van der Waals surface area contributed by atoms with Gasteiger partial charge in [-0.3, -0.25) is 9.69 Å². The summed E-state index contributed by atoms with van der Waals surface area (Å²) < 4.78 is 5.46. The number of halogens is 1. The summed E-state index contributed by atoms with van der Waals surface area (Å²) in [7, 11) is 0. The molecule has 1 saturated heterocycles. The van der Waals surface area contributed by atoms with Gasteiger partial charge in [-0.2, -0.15) is 0 Å². The van der Waals surface area contributed by atoms with Crippen LogP contribution in [0.4, 0.5) is 9.93 Å². The zero-order valence-electron chi connectivity index (χ0n) is 16.2. The van der Waals surface area contributed by atoms with Crippen LogP contribution in [0.15, 0.2) is 29.6 Å². The van der Waals surface area contributed by atoms with Gasteiger partial charge in [-0.15, -0.1) is 11.3 Å². The molecule has 0 unspecified atom stereocenters. The number of amides is 2. The van der Waals surface area contributed by atoms with Gasteiger partial charge in [0.15, 0.2) is 5.13 Å².